The molecule has 0 bridgehead atoms. The quantitative estimate of drug-likeness (QED) is 0.396. The number of aromatic nitrogens is 3. The number of furan rings is 1. The fourth-order valence-corrected chi connectivity index (χ4v) is 2.76. The summed E-state index contributed by atoms with van der Waals surface area (Å²) in [6, 6.07) is 3.82. The van der Waals surface area contributed by atoms with Crippen molar-refractivity contribution in [1.29, 1.82) is 0 Å². The molecule has 0 radical (unpaired) electrons. The molecule has 5 nitrogen and oxygen atoms in total. The second-order valence-electron chi connectivity index (χ2n) is 4.64. The third-order valence-electron chi connectivity index (χ3n) is 3.60. The van der Waals surface area contributed by atoms with Crippen molar-refractivity contribution >= 4 is 22.3 Å². The molecular formula is C14H8N3O2+. The van der Waals surface area contributed by atoms with Gasteiger partial charge in [-0.1, -0.05) is 0 Å². The lowest BCUT2D eigenvalue weighted by Gasteiger charge is -1.87. The number of oxazole rings is 1. The third kappa shape index (κ3) is 1.03. The first kappa shape index (κ1) is 9.27. The number of rotatable bonds is 0. The van der Waals surface area contributed by atoms with Crippen LogP contribution in [0.3, 0.4) is 0 Å². The van der Waals surface area contributed by atoms with Gasteiger partial charge in [-0.2, -0.15) is 0 Å². The molecule has 90 valence electrons. The maximum atomic E-state index is 5.86. The molecule has 0 saturated carbocycles. The van der Waals surface area contributed by atoms with Gasteiger partial charge in [-0.25, -0.2) is 0 Å². The van der Waals surface area contributed by atoms with Crippen molar-refractivity contribution in [3.05, 3.63) is 42.5 Å². The molecule has 1 aliphatic rings. The number of pyridine rings is 2. The molecule has 0 saturated heterocycles. The molecule has 0 N–H and O–H groups in total. The summed E-state index contributed by atoms with van der Waals surface area (Å²) in [5.41, 5.74) is 4.02. The van der Waals surface area contributed by atoms with E-state index in [9.17, 15) is 0 Å². The zero-order chi connectivity index (χ0) is 12.4. The van der Waals surface area contributed by atoms with Crippen LogP contribution in [0.15, 0.2) is 45.8 Å². The normalized spacial score (nSPS) is 13.1. The second-order valence-corrected chi connectivity index (χ2v) is 4.64. The van der Waals surface area contributed by atoms with Crippen LogP contribution in [0.5, 0.6) is 0 Å². The first-order valence-electron chi connectivity index (χ1n) is 6.04. The van der Waals surface area contributed by atoms with Gasteiger partial charge in [0, 0.05) is 30.9 Å². The average molecular weight is 250 g/mol. The Kier molecular flexibility index (Phi) is 1.46. The van der Waals surface area contributed by atoms with Crippen molar-refractivity contribution in [1.82, 2.24) is 9.97 Å². The highest BCUT2D eigenvalue weighted by Crippen LogP contribution is 2.34. The molecule has 0 aromatic carbocycles. The fourth-order valence-electron chi connectivity index (χ4n) is 2.76. The standard InChI is InChI=1S/C14H8N3O2/c1-3-15-5-8-7-17-12-10-6-16-4-2-11(10)18-14(12)19-13(17)9(1)8/h1-6H,7H2/q+1. The van der Waals surface area contributed by atoms with E-state index in [-0.39, 0.29) is 0 Å². The summed E-state index contributed by atoms with van der Waals surface area (Å²) < 4.78 is 13.7. The van der Waals surface area contributed by atoms with E-state index in [1.54, 1.807) is 12.4 Å². The maximum Gasteiger partial charge on any atom is 0.385 e. The lowest BCUT2D eigenvalue weighted by Crippen LogP contribution is -2.30. The van der Waals surface area contributed by atoms with Crippen LogP contribution in [-0.2, 0) is 6.54 Å². The molecule has 19 heavy (non-hydrogen) atoms. The molecule has 1 aliphatic heterocycles. The van der Waals surface area contributed by atoms with E-state index >= 15 is 0 Å². The van der Waals surface area contributed by atoms with Crippen molar-refractivity contribution < 1.29 is 13.4 Å². The van der Waals surface area contributed by atoms with Gasteiger partial charge >= 0.3 is 17.2 Å². The third-order valence-corrected chi connectivity index (χ3v) is 3.60. The monoisotopic (exact) mass is 250 g/mol. The van der Waals surface area contributed by atoms with Gasteiger partial charge in [-0.05, 0) is 6.07 Å². The Morgan fingerprint density at radius 2 is 1.95 bits per heavy atom. The van der Waals surface area contributed by atoms with Crippen molar-refractivity contribution in [3.63, 3.8) is 0 Å². The summed E-state index contributed by atoms with van der Waals surface area (Å²) in [7, 11) is 0. The first-order chi connectivity index (χ1) is 9.42. The second kappa shape index (κ2) is 3.00. The van der Waals surface area contributed by atoms with E-state index in [4.69, 9.17) is 8.83 Å². The van der Waals surface area contributed by atoms with Crippen molar-refractivity contribution in [2.75, 3.05) is 0 Å². The van der Waals surface area contributed by atoms with Crippen LogP contribution < -0.4 is 4.57 Å². The van der Waals surface area contributed by atoms with Crippen LogP contribution in [0, 0.1) is 0 Å². The summed E-state index contributed by atoms with van der Waals surface area (Å²) in [6.07, 6.45) is 7.18. The van der Waals surface area contributed by atoms with Crippen LogP contribution in [0.1, 0.15) is 5.56 Å². The molecule has 4 aromatic heterocycles. The molecule has 0 fully saturated rings. The van der Waals surface area contributed by atoms with Crippen LogP contribution in [0.4, 0.5) is 0 Å². The fraction of sp³-hybridized carbons (Fsp3) is 0.0714. The van der Waals surface area contributed by atoms with E-state index < -0.39 is 0 Å². The summed E-state index contributed by atoms with van der Waals surface area (Å²) in [4.78, 5) is 8.32. The Morgan fingerprint density at radius 3 is 2.95 bits per heavy atom. The van der Waals surface area contributed by atoms with Gasteiger partial charge in [0.15, 0.2) is 6.54 Å². The Bertz CT molecular complexity index is 952. The lowest BCUT2D eigenvalue weighted by atomic mass is 10.2. The molecule has 0 aliphatic carbocycles. The highest BCUT2D eigenvalue weighted by Gasteiger charge is 2.37. The number of hydrogen-bond acceptors (Lipinski definition) is 4. The van der Waals surface area contributed by atoms with Gasteiger partial charge in [0.05, 0.1) is 11.1 Å². The number of hydrogen-bond donors (Lipinski definition) is 0. The molecule has 4 aromatic rings. The molecule has 5 rings (SSSR count). The molecular weight excluding hydrogens is 242 g/mol. The van der Waals surface area contributed by atoms with Crippen molar-refractivity contribution in [2.24, 2.45) is 0 Å². The summed E-state index contributed by atoms with van der Waals surface area (Å²) >= 11 is 0. The Labute approximate surface area is 107 Å². The molecule has 5 heteroatoms. The highest BCUT2D eigenvalue weighted by molar-refractivity contribution is 5.98. The molecule has 0 unspecified atom stereocenters. The minimum absolute atomic E-state index is 0.556. The minimum atomic E-state index is 0.556. The average Bonchev–Trinajstić information content (AvgIpc) is 3.05. The van der Waals surface area contributed by atoms with Gasteiger partial charge in [0.2, 0.25) is 0 Å². The van der Waals surface area contributed by atoms with Gasteiger partial charge in [-0.15, -0.1) is 4.57 Å². The predicted octanol–water partition coefficient (Wildman–Crippen LogP) is 2.29. The van der Waals surface area contributed by atoms with Crippen LogP contribution in [-0.4, -0.2) is 9.97 Å². The van der Waals surface area contributed by atoms with Gasteiger partial charge in [0.25, 0.3) is 0 Å². The van der Waals surface area contributed by atoms with E-state index in [1.807, 2.05) is 24.5 Å². The highest BCUT2D eigenvalue weighted by atomic mass is 16.5. The van der Waals surface area contributed by atoms with E-state index in [0.717, 1.165) is 34.5 Å². The van der Waals surface area contributed by atoms with Gasteiger partial charge < -0.3 is 8.83 Å². The Hall–Kier alpha value is -2.69. The molecule has 5 heterocycles. The molecule has 0 amide bonds. The molecule has 0 atom stereocenters. The van der Waals surface area contributed by atoms with Crippen LogP contribution in [0.25, 0.3) is 33.7 Å². The first-order valence-corrected chi connectivity index (χ1v) is 6.04. The van der Waals surface area contributed by atoms with Crippen LogP contribution in [0.2, 0.25) is 0 Å². The number of nitrogens with zero attached hydrogens (tertiary/aromatic N) is 3. The predicted molar refractivity (Wildman–Crippen MR) is 66.3 cm³/mol. The lowest BCUT2D eigenvalue weighted by molar-refractivity contribution is -0.648. The van der Waals surface area contributed by atoms with Gasteiger partial charge in [0.1, 0.15) is 11.0 Å². The van der Waals surface area contributed by atoms with E-state index in [2.05, 4.69) is 14.5 Å². The zero-order valence-corrected chi connectivity index (χ0v) is 9.83. The molecule has 0 spiro atoms. The topological polar surface area (TPSA) is 55.9 Å². The van der Waals surface area contributed by atoms with E-state index in [0.29, 0.717) is 5.78 Å². The van der Waals surface area contributed by atoms with Crippen molar-refractivity contribution in [3.8, 4) is 11.5 Å². The van der Waals surface area contributed by atoms with E-state index in [1.165, 1.54) is 5.56 Å². The Balaban J connectivity index is 1.94. The number of fused-ring (bicyclic) bond motifs is 7. The largest absolute Gasteiger partial charge is 0.420 e. The van der Waals surface area contributed by atoms with Gasteiger partial charge in [-0.3, -0.25) is 9.97 Å². The van der Waals surface area contributed by atoms with Crippen LogP contribution >= 0.6 is 0 Å². The smallest absolute Gasteiger partial charge is 0.385 e. The maximum absolute atomic E-state index is 5.86. The summed E-state index contributed by atoms with van der Waals surface area (Å²) in [5, 5.41) is 0.980. The Morgan fingerprint density at radius 1 is 1.05 bits per heavy atom. The summed E-state index contributed by atoms with van der Waals surface area (Å²) in [6.45, 7) is 0.759. The summed E-state index contributed by atoms with van der Waals surface area (Å²) in [5.74, 6) is 1.39. The zero-order valence-electron chi connectivity index (χ0n) is 9.83. The SMILES string of the molecule is c1cc2c(cn1)C[n+]1c-2oc2oc3ccncc3c21. The minimum Gasteiger partial charge on any atom is -0.420 e. The van der Waals surface area contributed by atoms with Crippen molar-refractivity contribution in [2.45, 2.75) is 6.54 Å².